The summed E-state index contributed by atoms with van der Waals surface area (Å²) in [7, 11) is 0. The summed E-state index contributed by atoms with van der Waals surface area (Å²) in [6.45, 7) is 3.07. The van der Waals surface area contributed by atoms with Crippen LogP contribution in [0.3, 0.4) is 0 Å². The minimum absolute atomic E-state index is 0.178. The number of ether oxygens (including phenoxy) is 1. The van der Waals surface area contributed by atoms with E-state index < -0.39 is 46.8 Å². The number of rotatable bonds is 7. The number of hydrogen-bond acceptors (Lipinski definition) is 7. The second-order valence-electron chi connectivity index (χ2n) is 7.65. The van der Waals surface area contributed by atoms with Crippen LogP contribution in [0.2, 0.25) is 0 Å². The molecule has 172 valence electrons. The minimum Gasteiger partial charge on any atom is -0.455 e. The quantitative estimate of drug-likeness (QED) is 0.369. The molecular weight excluding hydrogens is 432 g/mol. The Kier molecular flexibility index (Phi) is 7.01. The summed E-state index contributed by atoms with van der Waals surface area (Å²) in [6, 6.07) is 10.8. The van der Waals surface area contributed by atoms with Gasteiger partial charge >= 0.3 is 5.97 Å². The Balaban J connectivity index is 1.53. The monoisotopic (exact) mass is 454 g/mol. The molecule has 1 fully saturated rings. The van der Waals surface area contributed by atoms with Gasteiger partial charge in [0.1, 0.15) is 5.56 Å². The van der Waals surface area contributed by atoms with E-state index in [1.807, 2.05) is 19.9 Å². The molecular formula is C22H22N4O7. The molecule has 0 aliphatic carbocycles. The van der Waals surface area contributed by atoms with E-state index in [2.05, 4.69) is 10.7 Å². The van der Waals surface area contributed by atoms with Crippen LogP contribution in [0.15, 0.2) is 42.5 Å². The van der Waals surface area contributed by atoms with Gasteiger partial charge in [-0.3, -0.25) is 39.7 Å². The molecule has 3 rings (SSSR count). The fraction of sp³-hybridized carbons (Fsp3) is 0.273. The lowest BCUT2D eigenvalue weighted by molar-refractivity contribution is -0.385. The van der Waals surface area contributed by atoms with Crippen LogP contribution < -0.4 is 10.7 Å². The second-order valence-corrected chi connectivity index (χ2v) is 7.65. The van der Waals surface area contributed by atoms with E-state index in [9.17, 15) is 29.3 Å². The molecule has 2 aromatic rings. The molecule has 1 saturated heterocycles. The Labute approximate surface area is 188 Å². The molecule has 33 heavy (non-hydrogen) atoms. The topological polar surface area (TPSA) is 148 Å². The van der Waals surface area contributed by atoms with Gasteiger partial charge < -0.3 is 10.1 Å². The fourth-order valence-corrected chi connectivity index (χ4v) is 3.48. The second kappa shape index (κ2) is 9.90. The van der Waals surface area contributed by atoms with Crippen molar-refractivity contribution in [3.63, 3.8) is 0 Å². The molecule has 2 aromatic carbocycles. The summed E-state index contributed by atoms with van der Waals surface area (Å²) in [6.07, 6.45) is -0.227. The van der Waals surface area contributed by atoms with Crippen molar-refractivity contribution in [3.05, 3.63) is 69.3 Å². The zero-order chi connectivity index (χ0) is 24.1. The maximum Gasteiger partial charge on any atom is 0.311 e. The van der Waals surface area contributed by atoms with Gasteiger partial charge in [0.2, 0.25) is 5.91 Å². The van der Waals surface area contributed by atoms with Gasteiger partial charge in [0.05, 0.1) is 17.4 Å². The maximum atomic E-state index is 12.4. The number of carbonyl (C=O) groups is 4. The van der Waals surface area contributed by atoms with Gasteiger partial charge in [0, 0.05) is 18.2 Å². The summed E-state index contributed by atoms with van der Waals surface area (Å²) in [5.41, 5.74) is 4.17. The van der Waals surface area contributed by atoms with Crippen LogP contribution in [0.5, 0.6) is 0 Å². The minimum atomic E-state index is -0.891. The van der Waals surface area contributed by atoms with E-state index in [-0.39, 0.29) is 18.5 Å². The van der Waals surface area contributed by atoms with E-state index in [0.29, 0.717) is 5.69 Å². The summed E-state index contributed by atoms with van der Waals surface area (Å²) >= 11 is 0. The van der Waals surface area contributed by atoms with Gasteiger partial charge in [-0.15, -0.1) is 0 Å². The molecule has 11 heteroatoms. The summed E-state index contributed by atoms with van der Waals surface area (Å²) < 4.78 is 5.03. The molecule has 1 aliphatic heterocycles. The van der Waals surface area contributed by atoms with Gasteiger partial charge in [0.15, 0.2) is 6.61 Å². The highest BCUT2D eigenvalue weighted by Crippen LogP contribution is 2.21. The predicted octanol–water partition coefficient (Wildman–Crippen LogP) is 1.89. The molecule has 0 saturated carbocycles. The molecule has 11 nitrogen and oxygen atoms in total. The number of nitrogens with zero attached hydrogens (tertiary/aromatic N) is 2. The van der Waals surface area contributed by atoms with Crippen molar-refractivity contribution in [2.24, 2.45) is 5.92 Å². The number of carbonyl (C=O) groups excluding carboxylic acids is 4. The third-order valence-electron chi connectivity index (χ3n) is 4.89. The number of hydrazine groups is 1. The zero-order valence-electron chi connectivity index (χ0n) is 18.0. The lowest BCUT2D eigenvalue weighted by Crippen LogP contribution is -2.43. The van der Waals surface area contributed by atoms with Gasteiger partial charge in [-0.05, 0) is 43.2 Å². The van der Waals surface area contributed by atoms with Crippen LogP contribution in [0.4, 0.5) is 11.4 Å². The highest BCUT2D eigenvalue weighted by molar-refractivity contribution is 5.99. The van der Waals surface area contributed by atoms with Crippen LogP contribution in [0, 0.1) is 29.9 Å². The smallest absolute Gasteiger partial charge is 0.311 e. The molecule has 0 aromatic heterocycles. The third-order valence-corrected chi connectivity index (χ3v) is 4.89. The first-order valence-electron chi connectivity index (χ1n) is 10.0. The normalized spacial score (nSPS) is 15.2. The number of hydrogen-bond donors (Lipinski definition) is 2. The molecule has 0 unspecified atom stereocenters. The number of nitro groups is 1. The number of benzene rings is 2. The van der Waals surface area contributed by atoms with Crippen molar-refractivity contribution in [1.29, 1.82) is 0 Å². The van der Waals surface area contributed by atoms with Crippen molar-refractivity contribution in [2.45, 2.75) is 20.3 Å². The van der Waals surface area contributed by atoms with E-state index in [1.54, 1.807) is 12.1 Å². The van der Waals surface area contributed by atoms with Crippen LogP contribution in [-0.4, -0.2) is 46.8 Å². The molecule has 1 heterocycles. The average molecular weight is 454 g/mol. The van der Waals surface area contributed by atoms with Crippen molar-refractivity contribution >= 4 is 35.1 Å². The van der Waals surface area contributed by atoms with Crippen LogP contribution >= 0.6 is 0 Å². The molecule has 0 bridgehead atoms. The standard InChI is InChI=1S/C22H22N4O7/c1-13-7-14(2)9-16(8-13)23-19(27)12-33-22(30)15-10-20(28)25(11-15)24-21(29)17-5-3-4-6-18(17)26(31)32/h3-9,15H,10-12H2,1-2H3,(H,23,27)(H,24,29)/t15-/m0/s1. The Hall–Kier alpha value is -4.28. The number of esters is 1. The van der Waals surface area contributed by atoms with Crippen LogP contribution in [-0.2, 0) is 19.1 Å². The van der Waals surface area contributed by atoms with Crippen LogP contribution in [0.1, 0.15) is 27.9 Å². The number of nitro benzene ring substituents is 1. The fourth-order valence-electron chi connectivity index (χ4n) is 3.48. The molecule has 1 atom stereocenters. The molecule has 0 spiro atoms. The Bertz CT molecular complexity index is 1110. The summed E-state index contributed by atoms with van der Waals surface area (Å²) in [5.74, 6) is -3.58. The number of nitrogens with one attached hydrogen (secondary N) is 2. The number of anilines is 1. The predicted molar refractivity (Wildman–Crippen MR) is 116 cm³/mol. The van der Waals surface area contributed by atoms with Gasteiger partial charge in [0.25, 0.3) is 17.5 Å². The third kappa shape index (κ3) is 5.91. The lowest BCUT2D eigenvalue weighted by atomic mass is 10.1. The molecule has 1 aliphatic rings. The Morgan fingerprint density at radius 1 is 1.15 bits per heavy atom. The van der Waals surface area contributed by atoms with Gasteiger partial charge in [-0.1, -0.05) is 18.2 Å². The van der Waals surface area contributed by atoms with E-state index in [0.717, 1.165) is 16.1 Å². The van der Waals surface area contributed by atoms with Crippen molar-refractivity contribution in [1.82, 2.24) is 10.4 Å². The van der Waals surface area contributed by atoms with Gasteiger partial charge in [-0.2, -0.15) is 0 Å². The molecule has 2 N–H and O–H groups in total. The largest absolute Gasteiger partial charge is 0.455 e. The molecule has 3 amide bonds. The van der Waals surface area contributed by atoms with E-state index >= 15 is 0 Å². The first kappa shape index (κ1) is 23.4. The van der Waals surface area contributed by atoms with E-state index in [4.69, 9.17) is 4.74 Å². The van der Waals surface area contributed by atoms with Crippen molar-refractivity contribution in [2.75, 3.05) is 18.5 Å². The summed E-state index contributed by atoms with van der Waals surface area (Å²) in [5, 5.41) is 14.7. The highest BCUT2D eigenvalue weighted by Gasteiger charge is 2.37. The highest BCUT2D eigenvalue weighted by atomic mass is 16.6. The average Bonchev–Trinajstić information content (AvgIpc) is 3.11. The van der Waals surface area contributed by atoms with E-state index in [1.165, 1.54) is 24.3 Å². The Morgan fingerprint density at radius 2 is 1.82 bits per heavy atom. The first-order chi connectivity index (χ1) is 15.6. The van der Waals surface area contributed by atoms with Crippen LogP contribution in [0.25, 0.3) is 0 Å². The first-order valence-corrected chi connectivity index (χ1v) is 10.0. The zero-order valence-corrected chi connectivity index (χ0v) is 18.0. The Morgan fingerprint density at radius 3 is 2.48 bits per heavy atom. The number of amides is 3. The maximum absolute atomic E-state index is 12.4. The van der Waals surface area contributed by atoms with Crippen molar-refractivity contribution < 1.29 is 28.8 Å². The lowest BCUT2D eigenvalue weighted by Gasteiger charge is -2.17. The van der Waals surface area contributed by atoms with Crippen molar-refractivity contribution in [3.8, 4) is 0 Å². The molecule has 0 radical (unpaired) electrons. The van der Waals surface area contributed by atoms with Gasteiger partial charge in [-0.25, -0.2) is 0 Å². The number of para-hydroxylation sites is 1. The SMILES string of the molecule is Cc1cc(C)cc(NC(=O)COC(=O)[C@H]2CC(=O)N(NC(=O)c3ccccc3[N+](=O)[O-])C2)c1. The number of aryl methyl sites for hydroxylation is 2. The summed E-state index contributed by atoms with van der Waals surface area (Å²) in [4.78, 5) is 59.4.